The Hall–Kier alpha value is -1.60. The lowest BCUT2D eigenvalue weighted by atomic mass is 9.88. The van der Waals surface area contributed by atoms with Crippen molar-refractivity contribution in [3.05, 3.63) is 70.8 Å². The molecule has 0 aromatic heterocycles. The van der Waals surface area contributed by atoms with Gasteiger partial charge in [-0.2, -0.15) is 0 Å². The molecule has 1 N–H and O–H groups in total. The first-order valence-corrected chi connectivity index (χ1v) is 7.81. The monoisotopic (exact) mass is 263 g/mol. The Morgan fingerprint density at radius 3 is 2.35 bits per heavy atom. The van der Waals surface area contributed by atoms with E-state index in [1.165, 1.54) is 37.7 Å². The highest BCUT2D eigenvalue weighted by Gasteiger charge is 2.26. The van der Waals surface area contributed by atoms with Gasteiger partial charge >= 0.3 is 0 Å². The molecule has 2 aliphatic rings. The Morgan fingerprint density at radius 2 is 1.45 bits per heavy atom. The molecule has 0 saturated carbocycles. The van der Waals surface area contributed by atoms with Gasteiger partial charge in [-0.15, -0.1) is 0 Å². The molecule has 0 heterocycles. The molecule has 4 rings (SSSR count). The molecular formula is C19H21N. The predicted octanol–water partition coefficient (Wildman–Crippen LogP) is 3.82. The summed E-state index contributed by atoms with van der Waals surface area (Å²) in [5.41, 5.74) is 6.17. The molecule has 2 aromatic rings. The number of hydrogen-bond donors (Lipinski definition) is 1. The van der Waals surface area contributed by atoms with Crippen LogP contribution in [-0.2, 0) is 19.3 Å². The minimum atomic E-state index is 0.571. The van der Waals surface area contributed by atoms with Crippen molar-refractivity contribution in [2.24, 2.45) is 0 Å². The Labute approximate surface area is 121 Å². The van der Waals surface area contributed by atoms with Gasteiger partial charge in [0, 0.05) is 12.1 Å². The molecule has 0 bridgehead atoms. The highest BCUT2D eigenvalue weighted by atomic mass is 15.0. The zero-order valence-corrected chi connectivity index (χ0v) is 11.8. The highest BCUT2D eigenvalue weighted by molar-refractivity contribution is 5.35. The lowest BCUT2D eigenvalue weighted by Crippen LogP contribution is -2.36. The average molecular weight is 263 g/mol. The molecular weight excluding hydrogens is 242 g/mol. The van der Waals surface area contributed by atoms with Crippen molar-refractivity contribution in [1.82, 2.24) is 5.32 Å². The smallest absolute Gasteiger partial charge is 0.0328 e. The SMILES string of the molecule is c1ccc2c(c1)CCC(NC1CCc3ccccc31)C2. The van der Waals surface area contributed by atoms with E-state index in [2.05, 4.69) is 53.8 Å². The number of hydrogen-bond acceptors (Lipinski definition) is 1. The van der Waals surface area contributed by atoms with Crippen LogP contribution >= 0.6 is 0 Å². The molecule has 1 heteroatoms. The fourth-order valence-corrected chi connectivity index (χ4v) is 3.85. The molecule has 20 heavy (non-hydrogen) atoms. The summed E-state index contributed by atoms with van der Waals surface area (Å²) in [7, 11) is 0. The molecule has 1 nitrogen and oxygen atoms in total. The van der Waals surface area contributed by atoms with Crippen molar-refractivity contribution in [2.75, 3.05) is 0 Å². The average Bonchev–Trinajstić information content (AvgIpc) is 2.91. The zero-order valence-electron chi connectivity index (χ0n) is 11.8. The Kier molecular flexibility index (Phi) is 3.08. The summed E-state index contributed by atoms with van der Waals surface area (Å²) in [4.78, 5) is 0. The normalized spacial score (nSPS) is 24.2. The van der Waals surface area contributed by atoms with Gasteiger partial charge < -0.3 is 5.32 Å². The fourth-order valence-electron chi connectivity index (χ4n) is 3.85. The van der Waals surface area contributed by atoms with Crippen LogP contribution in [0, 0.1) is 0 Å². The van der Waals surface area contributed by atoms with E-state index in [4.69, 9.17) is 0 Å². The standard InChI is InChI=1S/C19H21N/c1-2-7-16-13-17(11-9-14(16)5-1)20-19-12-10-15-6-3-4-8-18(15)19/h1-8,17,19-20H,9-13H2. The molecule has 2 aliphatic carbocycles. The first kappa shape index (κ1) is 12.2. The maximum absolute atomic E-state index is 3.91. The van der Waals surface area contributed by atoms with Crippen molar-refractivity contribution in [3.8, 4) is 0 Å². The third-order valence-electron chi connectivity index (χ3n) is 4.92. The van der Waals surface area contributed by atoms with Crippen LogP contribution in [0.3, 0.4) is 0 Å². The first-order chi connectivity index (χ1) is 9.90. The van der Waals surface area contributed by atoms with Gasteiger partial charge in [-0.25, -0.2) is 0 Å². The van der Waals surface area contributed by atoms with E-state index in [-0.39, 0.29) is 0 Å². The van der Waals surface area contributed by atoms with Crippen molar-refractivity contribution in [3.63, 3.8) is 0 Å². The van der Waals surface area contributed by atoms with Gasteiger partial charge in [0.15, 0.2) is 0 Å². The maximum atomic E-state index is 3.91. The molecule has 0 saturated heterocycles. The van der Waals surface area contributed by atoms with Crippen molar-refractivity contribution in [2.45, 2.75) is 44.2 Å². The summed E-state index contributed by atoms with van der Waals surface area (Å²) >= 11 is 0. The summed E-state index contributed by atoms with van der Waals surface area (Å²) in [5.74, 6) is 0. The van der Waals surface area contributed by atoms with Crippen LogP contribution in [0.2, 0.25) is 0 Å². The number of nitrogens with one attached hydrogen (secondary N) is 1. The Bertz CT molecular complexity index is 617. The van der Waals surface area contributed by atoms with Gasteiger partial charge in [-0.3, -0.25) is 0 Å². The second kappa shape index (κ2) is 5.06. The van der Waals surface area contributed by atoms with Crippen molar-refractivity contribution < 1.29 is 0 Å². The second-order valence-electron chi connectivity index (χ2n) is 6.17. The molecule has 0 amide bonds. The van der Waals surface area contributed by atoms with Crippen LogP contribution in [0.15, 0.2) is 48.5 Å². The summed E-state index contributed by atoms with van der Waals surface area (Å²) in [6.45, 7) is 0. The molecule has 0 radical (unpaired) electrons. The van der Waals surface area contributed by atoms with E-state index in [0.29, 0.717) is 12.1 Å². The van der Waals surface area contributed by atoms with Crippen LogP contribution < -0.4 is 5.32 Å². The van der Waals surface area contributed by atoms with Crippen LogP contribution in [0.25, 0.3) is 0 Å². The lowest BCUT2D eigenvalue weighted by molar-refractivity contribution is 0.397. The van der Waals surface area contributed by atoms with Crippen LogP contribution in [0.5, 0.6) is 0 Å². The quantitative estimate of drug-likeness (QED) is 0.868. The Morgan fingerprint density at radius 1 is 0.750 bits per heavy atom. The van der Waals surface area contributed by atoms with E-state index in [0.717, 1.165) is 0 Å². The van der Waals surface area contributed by atoms with Gasteiger partial charge in [0.05, 0.1) is 0 Å². The summed E-state index contributed by atoms with van der Waals surface area (Å²) < 4.78 is 0. The van der Waals surface area contributed by atoms with Gasteiger partial charge in [0.2, 0.25) is 0 Å². The van der Waals surface area contributed by atoms with Crippen molar-refractivity contribution in [1.29, 1.82) is 0 Å². The van der Waals surface area contributed by atoms with Gasteiger partial charge in [-0.1, -0.05) is 48.5 Å². The predicted molar refractivity (Wildman–Crippen MR) is 82.9 cm³/mol. The number of aryl methyl sites for hydroxylation is 2. The van der Waals surface area contributed by atoms with Gasteiger partial charge in [0.25, 0.3) is 0 Å². The molecule has 0 fully saturated rings. The minimum absolute atomic E-state index is 0.571. The van der Waals surface area contributed by atoms with Gasteiger partial charge in [-0.05, 0) is 54.4 Å². The van der Waals surface area contributed by atoms with Crippen LogP contribution in [0.4, 0.5) is 0 Å². The first-order valence-electron chi connectivity index (χ1n) is 7.81. The van der Waals surface area contributed by atoms with E-state index in [1.54, 1.807) is 16.7 Å². The zero-order chi connectivity index (χ0) is 13.4. The Balaban J connectivity index is 1.49. The topological polar surface area (TPSA) is 12.0 Å². The molecule has 2 atom stereocenters. The van der Waals surface area contributed by atoms with Crippen LogP contribution in [-0.4, -0.2) is 6.04 Å². The number of rotatable bonds is 2. The number of fused-ring (bicyclic) bond motifs is 2. The summed E-state index contributed by atoms with van der Waals surface area (Å²) in [6.07, 6.45) is 6.18. The van der Waals surface area contributed by atoms with E-state index >= 15 is 0 Å². The fraction of sp³-hybridized carbons (Fsp3) is 0.368. The molecule has 0 aliphatic heterocycles. The van der Waals surface area contributed by atoms with Gasteiger partial charge in [0.1, 0.15) is 0 Å². The molecule has 102 valence electrons. The minimum Gasteiger partial charge on any atom is -0.307 e. The summed E-state index contributed by atoms with van der Waals surface area (Å²) in [5, 5.41) is 3.91. The molecule has 2 unspecified atom stereocenters. The maximum Gasteiger partial charge on any atom is 0.0328 e. The third kappa shape index (κ3) is 2.16. The largest absolute Gasteiger partial charge is 0.307 e. The molecule has 0 spiro atoms. The van der Waals surface area contributed by atoms with Crippen LogP contribution in [0.1, 0.15) is 41.1 Å². The van der Waals surface area contributed by atoms with E-state index < -0.39 is 0 Å². The highest BCUT2D eigenvalue weighted by Crippen LogP contribution is 2.32. The van der Waals surface area contributed by atoms with E-state index in [1.807, 2.05) is 0 Å². The van der Waals surface area contributed by atoms with Crippen molar-refractivity contribution >= 4 is 0 Å². The lowest BCUT2D eigenvalue weighted by Gasteiger charge is -2.28. The van der Waals surface area contributed by atoms with E-state index in [9.17, 15) is 0 Å². The third-order valence-corrected chi connectivity index (χ3v) is 4.92. The molecule has 2 aromatic carbocycles. The number of benzene rings is 2. The second-order valence-corrected chi connectivity index (χ2v) is 6.17. The summed E-state index contributed by atoms with van der Waals surface area (Å²) in [6, 6.07) is 19.1.